The maximum Gasteiger partial charge on any atom is 0.414 e. The van der Waals surface area contributed by atoms with Gasteiger partial charge in [0.25, 0.3) is 5.91 Å². The van der Waals surface area contributed by atoms with Gasteiger partial charge in [0.15, 0.2) is 0 Å². The van der Waals surface area contributed by atoms with E-state index in [4.69, 9.17) is 9.47 Å². The Bertz CT molecular complexity index is 786. The molecule has 1 rings (SSSR count). The minimum atomic E-state index is -3.39. The van der Waals surface area contributed by atoms with Crippen molar-refractivity contribution in [3.05, 3.63) is 35.9 Å². The largest absolute Gasteiger partial charge is 0.444 e. The summed E-state index contributed by atoms with van der Waals surface area (Å²) in [5.41, 5.74) is -0.0816. The summed E-state index contributed by atoms with van der Waals surface area (Å²) >= 11 is 0. The van der Waals surface area contributed by atoms with Crippen LogP contribution in [0.5, 0.6) is 0 Å². The zero-order chi connectivity index (χ0) is 21.4. The number of benzene rings is 1. The number of alkyl carbamates (subject to hydrolysis) is 2. The smallest absolute Gasteiger partial charge is 0.414 e. The predicted molar refractivity (Wildman–Crippen MR) is 102 cm³/mol. The van der Waals surface area contributed by atoms with E-state index in [0.717, 1.165) is 11.8 Å². The fourth-order valence-electron chi connectivity index (χ4n) is 2.00. The van der Waals surface area contributed by atoms with Crippen LogP contribution in [0.25, 0.3) is 0 Å². The van der Waals surface area contributed by atoms with Crippen LogP contribution in [-0.2, 0) is 30.7 Å². The van der Waals surface area contributed by atoms with Crippen LogP contribution in [0.4, 0.5) is 9.59 Å². The van der Waals surface area contributed by atoms with Crippen LogP contribution in [0.15, 0.2) is 30.3 Å². The van der Waals surface area contributed by atoms with Gasteiger partial charge >= 0.3 is 12.2 Å². The number of nitrogens with one attached hydrogen (secondary N) is 2. The molecule has 3 amide bonds. The van der Waals surface area contributed by atoms with Gasteiger partial charge in [-0.05, 0) is 32.8 Å². The molecule has 0 fully saturated rings. The van der Waals surface area contributed by atoms with E-state index >= 15 is 0 Å². The van der Waals surface area contributed by atoms with Crippen molar-refractivity contribution in [1.82, 2.24) is 10.6 Å². The number of carbonyl (C=O) groups excluding carboxylic acids is 3. The predicted octanol–water partition coefficient (Wildman–Crippen LogP) is 1.77. The minimum absolute atomic E-state index is 0.0482. The molecule has 0 bridgehead atoms. The van der Waals surface area contributed by atoms with Crippen LogP contribution in [0.1, 0.15) is 32.8 Å². The average Bonchev–Trinajstić information content (AvgIpc) is 2.55. The average molecular weight is 414 g/mol. The van der Waals surface area contributed by atoms with Gasteiger partial charge in [-0.25, -0.2) is 18.0 Å². The lowest BCUT2D eigenvalue weighted by Crippen LogP contribution is -2.50. The molecule has 28 heavy (non-hydrogen) atoms. The van der Waals surface area contributed by atoms with Crippen molar-refractivity contribution in [2.75, 3.05) is 12.0 Å². The van der Waals surface area contributed by atoms with E-state index in [2.05, 4.69) is 5.32 Å². The lowest BCUT2D eigenvalue weighted by molar-refractivity contribution is -0.122. The fraction of sp³-hybridized carbons (Fsp3) is 0.500. The van der Waals surface area contributed by atoms with Gasteiger partial charge < -0.3 is 14.8 Å². The summed E-state index contributed by atoms with van der Waals surface area (Å²) in [6.07, 6.45) is -1.14. The number of imide groups is 1. The van der Waals surface area contributed by atoms with Gasteiger partial charge in [-0.2, -0.15) is 0 Å². The molecule has 0 aliphatic rings. The van der Waals surface area contributed by atoms with Crippen molar-refractivity contribution in [3.63, 3.8) is 0 Å². The molecule has 1 aromatic carbocycles. The molecule has 1 atom stereocenters. The Kier molecular flexibility index (Phi) is 8.42. The Morgan fingerprint density at radius 3 is 2.21 bits per heavy atom. The zero-order valence-corrected chi connectivity index (χ0v) is 17.2. The van der Waals surface area contributed by atoms with Gasteiger partial charge in [-0.3, -0.25) is 10.1 Å². The van der Waals surface area contributed by atoms with Gasteiger partial charge in [0, 0.05) is 6.26 Å². The van der Waals surface area contributed by atoms with E-state index in [9.17, 15) is 22.8 Å². The Morgan fingerprint density at radius 1 is 1.07 bits per heavy atom. The number of hydrogen-bond acceptors (Lipinski definition) is 7. The van der Waals surface area contributed by atoms with E-state index in [1.807, 2.05) is 11.4 Å². The molecular weight excluding hydrogens is 388 g/mol. The van der Waals surface area contributed by atoms with Gasteiger partial charge in [0.2, 0.25) is 0 Å². The molecule has 0 aromatic heterocycles. The number of carbonyl (C=O) groups is 3. The molecule has 0 heterocycles. The molecule has 0 spiro atoms. The molecule has 0 aliphatic carbocycles. The van der Waals surface area contributed by atoms with E-state index in [1.165, 1.54) is 0 Å². The third-order valence-electron chi connectivity index (χ3n) is 3.22. The van der Waals surface area contributed by atoms with Crippen molar-refractivity contribution < 1.29 is 32.3 Å². The second-order valence-corrected chi connectivity index (χ2v) is 9.43. The van der Waals surface area contributed by atoms with Gasteiger partial charge in [0.05, 0.1) is 5.75 Å². The van der Waals surface area contributed by atoms with Gasteiger partial charge in [0.1, 0.15) is 28.1 Å². The Labute approximate surface area is 164 Å². The lowest BCUT2D eigenvalue weighted by atomic mass is 10.2. The third-order valence-corrected chi connectivity index (χ3v) is 4.20. The maximum absolute atomic E-state index is 12.3. The van der Waals surface area contributed by atoms with Crippen molar-refractivity contribution in [1.29, 1.82) is 0 Å². The Morgan fingerprint density at radius 2 is 1.68 bits per heavy atom. The van der Waals surface area contributed by atoms with E-state index in [0.29, 0.717) is 0 Å². The first kappa shape index (κ1) is 23.4. The number of amides is 3. The van der Waals surface area contributed by atoms with E-state index in [1.54, 1.807) is 45.0 Å². The highest BCUT2D eigenvalue weighted by Gasteiger charge is 2.27. The summed E-state index contributed by atoms with van der Waals surface area (Å²) < 4.78 is 32.8. The first-order chi connectivity index (χ1) is 12.9. The summed E-state index contributed by atoms with van der Waals surface area (Å²) in [5.74, 6) is -1.26. The van der Waals surface area contributed by atoms with Crippen molar-refractivity contribution in [3.8, 4) is 0 Å². The fourth-order valence-corrected chi connectivity index (χ4v) is 2.66. The molecular formula is C18H26N2O7S. The van der Waals surface area contributed by atoms with Crippen molar-refractivity contribution in [2.24, 2.45) is 0 Å². The Hall–Kier alpha value is -2.62. The highest BCUT2D eigenvalue weighted by Crippen LogP contribution is 2.08. The minimum Gasteiger partial charge on any atom is -0.444 e. The topological polar surface area (TPSA) is 128 Å². The van der Waals surface area contributed by atoms with Crippen LogP contribution in [-0.4, -0.2) is 50.2 Å². The number of hydrogen-bond donors (Lipinski definition) is 2. The third kappa shape index (κ3) is 10.5. The van der Waals surface area contributed by atoms with Crippen LogP contribution in [0.3, 0.4) is 0 Å². The van der Waals surface area contributed by atoms with Crippen molar-refractivity contribution in [2.45, 2.75) is 45.4 Å². The molecule has 0 radical (unpaired) electrons. The number of ether oxygens (including phenoxy) is 2. The standard InChI is InChI=1S/C18H26N2O7S/c1-18(2,3)27-17(23)19-14(10-11-28(4,24)25)15(21)20-16(22)26-12-13-8-6-5-7-9-13/h5-9,14H,10-12H2,1-4H3,(H,19,23)(H,20,21,22)/t14-/m1/s1. The summed E-state index contributed by atoms with van der Waals surface area (Å²) in [4.78, 5) is 36.1. The van der Waals surface area contributed by atoms with Crippen molar-refractivity contribution >= 4 is 27.9 Å². The quantitative estimate of drug-likeness (QED) is 0.696. The molecule has 10 heteroatoms. The van der Waals surface area contributed by atoms with Crippen LogP contribution in [0.2, 0.25) is 0 Å². The molecule has 9 nitrogen and oxygen atoms in total. The van der Waals surface area contributed by atoms with E-state index in [-0.39, 0.29) is 18.8 Å². The molecule has 0 unspecified atom stereocenters. The van der Waals surface area contributed by atoms with Crippen LogP contribution in [0, 0.1) is 0 Å². The number of rotatable bonds is 7. The molecule has 0 saturated carbocycles. The highest BCUT2D eigenvalue weighted by atomic mass is 32.2. The zero-order valence-electron chi connectivity index (χ0n) is 16.4. The first-order valence-electron chi connectivity index (χ1n) is 8.54. The normalized spacial score (nSPS) is 12.6. The summed E-state index contributed by atoms with van der Waals surface area (Å²) in [5, 5.41) is 4.27. The summed E-state index contributed by atoms with van der Waals surface area (Å²) in [6, 6.07) is 7.56. The van der Waals surface area contributed by atoms with Crippen LogP contribution >= 0.6 is 0 Å². The van der Waals surface area contributed by atoms with Gasteiger partial charge in [-0.1, -0.05) is 30.3 Å². The molecule has 0 aliphatic heterocycles. The van der Waals surface area contributed by atoms with Crippen LogP contribution < -0.4 is 10.6 Å². The molecule has 0 saturated heterocycles. The monoisotopic (exact) mass is 414 g/mol. The maximum atomic E-state index is 12.3. The van der Waals surface area contributed by atoms with E-state index < -0.39 is 39.6 Å². The summed E-state index contributed by atoms with van der Waals surface area (Å²) in [6.45, 7) is 4.87. The Balaban J connectivity index is 2.68. The SMILES string of the molecule is CC(C)(C)OC(=O)N[C@H](CCS(C)(=O)=O)C(=O)NC(=O)OCc1ccccc1. The second kappa shape index (κ2) is 10.1. The molecule has 2 N–H and O–H groups in total. The lowest BCUT2D eigenvalue weighted by Gasteiger charge is -2.23. The highest BCUT2D eigenvalue weighted by molar-refractivity contribution is 7.90. The molecule has 1 aromatic rings. The number of sulfone groups is 1. The second-order valence-electron chi connectivity index (χ2n) is 7.17. The van der Waals surface area contributed by atoms with Gasteiger partial charge in [-0.15, -0.1) is 0 Å². The molecule has 156 valence electrons. The first-order valence-corrected chi connectivity index (χ1v) is 10.6. The summed E-state index contributed by atoms with van der Waals surface area (Å²) in [7, 11) is -3.39.